The summed E-state index contributed by atoms with van der Waals surface area (Å²) in [4.78, 5) is 14.5. The smallest absolute Gasteiger partial charge is 0.238 e. The highest BCUT2D eigenvalue weighted by molar-refractivity contribution is 5.93. The molecule has 1 amide bonds. The van der Waals surface area contributed by atoms with Crippen molar-refractivity contribution >= 4 is 11.6 Å². The molecule has 0 saturated heterocycles. The third-order valence-electron chi connectivity index (χ3n) is 3.94. The average molecular weight is 338 g/mol. The van der Waals surface area contributed by atoms with Crippen molar-refractivity contribution < 1.29 is 13.6 Å². The molecular weight excluding hydrogens is 316 g/mol. The Kier molecular flexibility index (Phi) is 5.36. The van der Waals surface area contributed by atoms with Gasteiger partial charge in [0.1, 0.15) is 11.5 Å². The lowest BCUT2D eigenvalue weighted by Crippen LogP contribution is -2.32. The van der Waals surface area contributed by atoms with E-state index in [1.165, 1.54) is 5.56 Å². The molecule has 130 valence electrons. The number of hydrogen-bond donors (Lipinski definition) is 1. The van der Waals surface area contributed by atoms with Crippen molar-refractivity contribution in [2.75, 3.05) is 11.9 Å². The molecule has 5 heteroatoms. The Morgan fingerprint density at radius 1 is 1.00 bits per heavy atom. The summed E-state index contributed by atoms with van der Waals surface area (Å²) in [5.41, 5.74) is 3.07. The summed E-state index contributed by atoms with van der Waals surface area (Å²) in [5, 5.41) is 2.99. The molecule has 3 rings (SSSR count). The number of rotatable bonds is 7. The normalized spacial score (nSPS) is 11.0. The SMILES string of the molecule is Cc1ccc(NC(=O)CN(Cc2ccco2)Cc2ccco2)c(C)c1. The molecule has 0 unspecified atom stereocenters. The minimum atomic E-state index is -0.0648. The number of amides is 1. The summed E-state index contributed by atoms with van der Waals surface area (Å²) in [7, 11) is 0. The van der Waals surface area contributed by atoms with Crippen LogP contribution in [-0.4, -0.2) is 17.4 Å². The van der Waals surface area contributed by atoms with E-state index in [-0.39, 0.29) is 12.5 Å². The van der Waals surface area contributed by atoms with Crippen molar-refractivity contribution in [2.24, 2.45) is 0 Å². The second-order valence-electron chi connectivity index (χ2n) is 6.17. The van der Waals surface area contributed by atoms with Crippen LogP contribution < -0.4 is 5.32 Å². The first-order valence-electron chi connectivity index (χ1n) is 8.24. The minimum absolute atomic E-state index is 0.0648. The van der Waals surface area contributed by atoms with Crippen molar-refractivity contribution in [3.05, 3.63) is 77.6 Å². The van der Waals surface area contributed by atoms with Crippen molar-refractivity contribution in [3.8, 4) is 0 Å². The van der Waals surface area contributed by atoms with Crippen LogP contribution in [0.5, 0.6) is 0 Å². The zero-order chi connectivity index (χ0) is 17.6. The number of benzene rings is 1. The van der Waals surface area contributed by atoms with E-state index < -0.39 is 0 Å². The molecule has 0 aliphatic heterocycles. The van der Waals surface area contributed by atoms with E-state index in [0.717, 1.165) is 22.8 Å². The molecule has 0 fully saturated rings. The van der Waals surface area contributed by atoms with Gasteiger partial charge in [0.15, 0.2) is 0 Å². The van der Waals surface area contributed by atoms with Crippen LogP contribution in [0.25, 0.3) is 0 Å². The summed E-state index contributed by atoms with van der Waals surface area (Å²) in [6.45, 7) is 5.34. The summed E-state index contributed by atoms with van der Waals surface area (Å²) < 4.78 is 10.8. The minimum Gasteiger partial charge on any atom is -0.468 e. The van der Waals surface area contributed by atoms with E-state index in [2.05, 4.69) is 11.4 Å². The van der Waals surface area contributed by atoms with E-state index in [0.29, 0.717) is 13.1 Å². The Morgan fingerprint density at radius 2 is 1.64 bits per heavy atom. The van der Waals surface area contributed by atoms with Crippen LogP contribution in [0, 0.1) is 13.8 Å². The molecule has 0 spiro atoms. The number of aryl methyl sites for hydroxylation is 2. The van der Waals surface area contributed by atoms with E-state index >= 15 is 0 Å². The van der Waals surface area contributed by atoms with Crippen LogP contribution in [0.3, 0.4) is 0 Å². The topological polar surface area (TPSA) is 58.6 Å². The van der Waals surface area contributed by atoms with Gasteiger partial charge in [-0.2, -0.15) is 0 Å². The molecule has 0 bridgehead atoms. The van der Waals surface area contributed by atoms with E-state index in [9.17, 15) is 4.79 Å². The zero-order valence-electron chi connectivity index (χ0n) is 14.5. The summed E-state index contributed by atoms with van der Waals surface area (Å²) in [5.74, 6) is 1.56. The monoisotopic (exact) mass is 338 g/mol. The molecule has 1 aromatic carbocycles. The molecule has 0 atom stereocenters. The average Bonchev–Trinajstić information content (AvgIpc) is 3.24. The lowest BCUT2D eigenvalue weighted by Gasteiger charge is -2.20. The molecule has 0 radical (unpaired) electrons. The number of furan rings is 2. The maximum absolute atomic E-state index is 12.5. The Morgan fingerprint density at radius 3 is 2.16 bits per heavy atom. The Bertz CT molecular complexity index is 771. The number of hydrogen-bond acceptors (Lipinski definition) is 4. The van der Waals surface area contributed by atoms with Crippen molar-refractivity contribution in [1.82, 2.24) is 4.90 Å². The number of carbonyl (C=O) groups excluding carboxylic acids is 1. The first kappa shape index (κ1) is 17.0. The predicted molar refractivity (Wildman–Crippen MR) is 96.1 cm³/mol. The van der Waals surface area contributed by atoms with Crippen molar-refractivity contribution in [2.45, 2.75) is 26.9 Å². The number of nitrogens with one attached hydrogen (secondary N) is 1. The quantitative estimate of drug-likeness (QED) is 0.704. The van der Waals surface area contributed by atoms with Gasteiger partial charge in [0, 0.05) is 5.69 Å². The number of anilines is 1. The van der Waals surface area contributed by atoms with Gasteiger partial charge in [0.2, 0.25) is 5.91 Å². The highest BCUT2D eigenvalue weighted by Crippen LogP contribution is 2.17. The molecule has 0 aliphatic carbocycles. The van der Waals surface area contributed by atoms with Gasteiger partial charge in [-0.15, -0.1) is 0 Å². The predicted octanol–water partition coefficient (Wildman–Crippen LogP) is 4.13. The second kappa shape index (κ2) is 7.85. The zero-order valence-corrected chi connectivity index (χ0v) is 14.5. The highest BCUT2D eigenvalue weighted by atomic mass is 16.3. The largest absolute Gasteiger partial charge is 0.468 e. The first-order chi connectivity index (χ1) is 12.1. The molecule has 2 heterocycles. The van der Waals surface area contributed by atoms with Crippen molar-refractivity contribution in [3.63, 3.8) is 0 Å². The molecule has 1 N–H and O–H groups in total. The third-order valence-corrected chi connectivity index (χ3v) is 3.94. The van der Waals surface area contributed by atoms with E-state index in [1.54, 1.807) is 12.5 Å². The van der Waals surface area contributed by atoms with Crippen LogP contribution in [0.4, 0.5) is 5.69 Å². The van der Waals surface area contributed by atoms with Gasteiger partial charge in [-0.25, -0.2) is 0 Å². The van der Waals surface area contributed by atoms with Gasteiger partial charge < -0.3 is 14.2 Å². The Balaban J connectivity index is 1.66. The van der Waals surface area contributed by atoms with Gasteiger partial charge in [0.25, 0.3) is 0 Å². The lowest BCUT2D eigenvalue weighted by atomic mass is 10.1. The fourth-order valence-electron chi connectivity index (χ4n) is 2.76. The van der Waals surface area contributed by atoms with Gasteiger partial charge in [-0.05, 0) is 49.7 Å². The second-order valence-corrected chi connectivity index (χ2v) is 6.17. The number of carbonyl (C=O) groups is 1. The Hall–Kier alpha value is -2.79. The summed E-state index contributed by atoms with van der Waals surface area (Å²) in [6, 6.07) is 13.5. The van der Waals surface area contributed by atoms with Crippen LogP contribution in [-0.2, 0) is 17.9 Å². The maximum Gasteiger partial charge on any atom is 0.238 e. The molecule has 3 aromatic rings. The van der Waals surface area contributed by atoms with E-state index in [1.807, 2.05) is 55.1 Å². The number of nitrogens with zero attached hydrogens (tertiary/aromatic N) is 1. The van der Waals surface area contributed by atoms with Crippen LogP contribution in [0.15, 0.2) is 63.8 Å². The third kappa shape index (κ3) is 4.84. The van der Waals surface area contributed by atoms with Crippen LogP contribution in [0.1, 0.15) is 22.6 Å². The van der Waals surface area contributed by atoms with E-state index in [4.69, 9.17) is 8.83 Å². The van der Waals surface area contributed by atoms with Gasteiger partial charge in [-0.3, -0.25) is 9.69 Å². The van der Waals surface area contributed by atoms with Crippen LogP contribution in [0.2, 0.25) is 0 Å². The van der Waals surface area contributed by atoms with Crippen molar-refractivity contribution in [1.29, 1.82) is 0 Å². The molecular formula is C20H22N2O3. The molecule has 2 aromatic heterocycles. The molecule has 25 heavy (non-hydrogen) atoms. The van der Waals surface area contributed by atoms with Gasteiger partial charge in [0.05, 0.1) is 32.2 Å². The molecule has 5 nitrogen and oxygen atoms in total. The molecule has 0 aliphatic rings. The fraction of sp³-hybridized carbons (Fsp3) is 0.250. The molecule has 0 saturated carbocycles. The summed E-state index contributed by atoms with van der Waals surface area (Å²) in [6.07, 6.45) is 3.27. The first-order valence-corrected chi connectivity index (χ1v) is 8.24. The summed E-state index contributed by atoms with van der Waals surface area (Å²) >= 11 is 0. The maximum atomic E-state index is 12.5. The van der Waals surface area contributed by atoms with Crippen LogP contribution >= 0.6 is 0 Å². The standard InChI is InChI=1S/C20H22N2O3/c1-15-7-8-19(16(2)11-15)21-20(23)14-22(12-17-5-3-9-24-17)13-18-6-4-10-25-18/h3-11H,12-14H2,1-2H3,(H,21,23). The fourth-order valence-corrected chi connectivity index (χ4v) is 2.76. The van der Waals surface area contributed by atoms with Gasteiger partial charge >= 0.3 is 0 Å². The highest BCUT2D eigenvalue weighted by Gasteiger charge is 2.15. The van der Waals surface area contributed by atoms with Gasteiger partial charge in [-0.1, -0.05) is 17.7 Å². The lowest BCUT2D eigenvalue weighted by molar-refractivity contribution is -0.117. The Labute approximate surface area is 147 Å².